The second-order valence-electron chi connectivity index (χ2n) is 9.41. The summed E-state index contributed by atoms with van der Waals surface area (Å²) in [6, 6.07) is 0. The average molecular weight is 452 g/mol. The Morgan fingerprint density at radius 1 is 1.16 bits per heavy atom. The molecule has 0 aromatic carbocycles. The summed E-state index contributed by atoms with van der Waals surface area (Å²) in [6.45, 7) is 9.53. The highest BCUT2D eigenvalue weighted by atomic mass is 17.0. The fraction of sp³-hybridized carbons (Fsp3) is 0.720. The van der Waals surface area contributed by atoms with Gasteiger partial charge in [-0.15, -0.1) is 10.1 Å². The van der Waals surface area contributed by atoms with Crippen LogP contribution in [0.4, 0.5) is 0 Å². The number of nitrogens with zero attached hydrogens (tertiary/aromatic N) is 1. The number of unbranched alkanes of at least 4 members (excludes halogenated alkanes) is 5. The van der Waals surface area contributed by atoms with Crippen molar-refractivity contribution in [1.29, 1.82) is 0 Å². The van der Waals surface area contributed by atoms with Gasteiger partial charge < -0.3 is 14.3 Å². The number of allylic oxidation sites excluding steroid dienone is 5. The van der Waals surface area contributed by atoms with Crippen LogP contribution >= 0.6 is 0 Å². The highest BCUT2D eigenvalue weighted by Crippen LogP contribution is 2.34. The molecule has 7 heteroatoms. The van der Waals surface area contributed by atoms with Crippen molar-refractivity contribution >= 4 is 5.97 Å². The molecule has 1 fully saturated rings. The third-order valence-electron chi connectivity index (χ3n) is 5.17. The van der Waals surface area contributed by atoms with Gasteiger partial charge in [-0.25, -0.2) is 4.79 Å². The van der Waals surface area contributed by atoms with E-state index in [4.69, 9.17) is 9.47 Å². The molecule has 1 aliphatic carbocycles. The van der Waals surface area contributed by atoms with Crippen LogP contribution in [0.15, 0.2) is 36.0 Å². The monoisotopic (exact) mass is 451 g/mol. The quantitative estimate of drug-likeness (QED) is 0.104. The molecule has 1 aliphatic rings. The molecular weight excluding hydrogens is 410 g/mol. The number of hydrogen-bond acceptors (Lipinski definition) is 6. The van der Waals surface area contributed by atoms with Crippen molar-refractivity contribution in [2.24, 2.45) is 5.92 Å². The lowest BCUT2D eigenvalue weighted by molar-refractivity contribution is -0.754. The smallest absolute Gasteiger partial charge is 0.332 e. The normalized spacial score (nSPS) is 22.0. The Hall–Kier alpha value is -2.15. The summed E-state index contributed by atoms with van der Waals surface area (Å²) in [5, 5.41) is 9.32. The summed E-state index contributed by atoms with van der Waals surface area (Å²) >= 11 is 0. The van der Waals surface area contributed by atoms with Gasteiger partial charge in [-0.05, 0) is 47.0 Å². The highest BCUT2D eigenvalue weighted by molar-refractivity contribution is 5.70. The van der Waals surface area contributed by atoms with Crippen molar-refractivity contribution in [3.63, 3.8) is 0 Å². The van der Waals surface area contributed by atoms with E-state index < -0.39 is 23.8 Å². The van der Waals surface area contributed by atoms with Gasteiger partial charge in [0.05, 0.1) is 11.7 Å². The number of hydrogen-bond donors (Lipinski definition) is 0. The molecular formula is C25H41NO6. The maximum Gasteiger partial charge on any atom is 0.332 e. The Balaban J connectivity index is 2.63. The SMILES string of the molecule is CCCCCCC/C=C/C=C(C)/C=C/[C@H]1C[C@@H](OC(C)(C)C)C[C@@H]1OC(=O)CO[N+](=O)[O-]. The van der Waals surface area contributed by atoms with Crippen molar-refractivity contribution in [2.45, 2.75) is 104 Å². The van der Waals surface area contributed by atoms with E-state index in [1.54, 1.807) is 0 Å². The van der Waals surface area contributed by atoms with Gasteiger partial charge in [0.1, 0.15) is 6.10 Å². The fourth-order valence-electron chi connectivity index (χ4n) is 3.74. The van der Waals surface area contributed by atoms with Gasteiger partial charge in [0.2, 0.25) is 0 Å². The standard InChI is InChI=1S/C25H41NO6/c1-6-7-8-9-10-11-12-13-14-20(2)15-16-21-17-22(32-25(3,4)5)18-23(21)31-24(27)19-30-26(28)29/h12-16,21-23H,6-11,17-19H2,1-5H3/b13-12+,16-15+,20-14+/t21-,22+,23-/m0/s1. The van der Waals surface area contributed by atoms with Crippen molar-refractivity contribution in [2.75, 3.05) is 6.61 Å². The van der Waals surface area contributed by atoms with Gasteiger partial charge in [-0.1, -0.05) is 68.6 Å². The molecule has 182 valence electrons. The first kappa shape index (κ1) is 27.9. The van der Waals surface area contributed by atoms with Crippen molar-refractivity contribution in [3.8, 4) is 0 Å². The Kier molecular flexibility index (Phi) is 12.9. The minimum atomic E-state index is -0.994. The fourth-order valence-corrected chi connectivity index (χ4v) is 3.74. The third-order valence-corrected chi connectivity index (χ3v) is 5.17. The van der Waals surface area contributed by atoms with E-state index in [1.807, 2.05) is 39.8 Å². The lowest BCUT2D eigenvalue weighted by Gasteiger charge is -2.24. The molecule has 0 N–H and O–H groups in total. The maximum atomic E-state index is 11.9. The molecule has 0 bridgehead atoms. The van der Waals surface area contributed by atoms with Crippen LogP contribution in [0.1, 0.15) is 86.0 Å². The summed E-state index contributed by atoms with van der Waals surface area (Å²) in [5.74, 6) is -0.761. The molecule has 0 heterocycles. The summed E-state index contributed by atoms with van der Waals surface area (Å²) in [7, 11) is 0. The van der Waals surface area contributed by atoms with Crippen molar-refractivity contribution in [1.82, 2.24) is 0 Å². The molecule has 0 unspecified atom stereocenters. The van der Waals surface area contributed by atoms with Crippen LogP contribution in [0.5, 0.6) is 0 Å². The van der Waals surface area contributed by atoms with Crippen molar-refractivity contribution in [3.05, 3.63) is 46.1 Å². The summed E-state index contributed by atoms with van der Waals surface area (Å²) < 4.78 is 11.6. The number of carbonyl (C=O) groups is 1. The van der Waals surface area contributed by atoms with E-state index in [0.29, 0.717) is 6.42 Å². The first-order valence-electron chi connectivity index (χ1n) is 11.8. The second-order valence-corrected chi connectivity index (χ2v) is 9.41. The minimum Gasteiger partial charge on any atom is -0.460 e. The number of esters is 1. The summed E-state index contributed by atoms with van der Waals surface area (Å²) in [4.78, 5) is 26.4. The molecule has 0 spiro atoms. The number of carbonyl (C=O) groups excluding carboxylic acids is 1. The molecule has 32 heavy (non-hydrogen) atoms. The van der Waals surface area contributed by atoms with Crippen LogP contribution in [-0.2, 0) is 19.1 Å². The summed E-state index contributed by atoms with van der Waals surface area (Å²) in [5.41, 5.74) is 0.804. The molecule has 7 nitrogen and oxygen atoms in total. The Bertz CT molecular complexity index is 662. The zero-order chi connectivity index (χ0) is 24.0. The van der Waals surface area contributed by atoms with Crippen LogP contribution < -0.4 is 0 Å². The first-order chi connectivity index (χ1) is 15.1. The van der Waals surface area contributed by atoms with Crippen LogP contribution in [-0.4, -0.2) is 35.5 Å². The van der Waals surface area contributed by atoms with Gasteiger partial charge >= 0.3 is 5.97 Å². The topological polar surface area (TPSA) is 87.9 Å². The summed E-state index contributed by atoms with van der Waals surface area (Å²) in [6.07, 6.45) is 18.8. The largest absolute Gasteiger partial charge is 0.460 e. The molecule has 1 rings (SSSR count). The number of rotatable bonds is 14. The van der Waals surface area contributed by atoms with Crippen LogP contribution in [0.3, 0.4) is 0 Å². The molecule has 0 aliphatic heterocycles. The Labute approximate surface area is 193 Å². The predicted molar refractivity (Wildman–Crippen MR) is 126 cm³/mol. The molecule has 0 aromatic rings. The van der Waals surface area contributed by atoms with E-state index in [1.165, 1.54) is 32.1 Å². The predicted octanol–water partition coefficient (Wildman–Crippen LogP) is 6.12. The van der Waals surface area contributed by atoms with Gasteiger partial charge in [0.25, 0.3) is 5.09 Å². The van der Waals surface area contributed by atoms with E-state index in [-0.39, 0.29) is 17.6 Å². The van der Waals surface area contributed by atoms with Crippen LogP contribution in [0.25, 0.3) is 0 Å². The van der Waals surface area contributed by atoms with Crippen LogP contribution in [0.2, 0.25) is 0 Å². The number of ether oxygens (including phenoxy) is 2. The Morgan fingerprint density at radius 3 is 2.53 bits per heavy atom. The molecule has 0 aromatic heterocycles. The Morgan fingerprint density at radius 2 is 1.88 bits per heavy atom. The van der Waals surface area contributed by atoms with E-state index in [2.05, 4.69) is 30.0 Å². The van der Waals surface area contributed by atoms with Gasteiger partial charge in [-0.3, -0.25) is 0 Å². The van der Waals surface area contributed by atoms with Crippen LogP contribution in [0, 0.1) is 16.0 Å². The van der Waals surface area contributed by atoms with Gasteiger partial charge in [0.15, 0.2) is 6.61 Å². The average Bonchev–Trinajstić information content (AvgIpc) is 3.05. The van der Waals surface area contributed by atoms with Gasteiger partial charge in [-0.2, -0.15) is 0 Å². The molecule has 0 amide bonds. The zero-order valence-electron chi connectivity index (χ0n) is 20.4. The first-order valence-corrected chi connectivity index (χ1v) is 11.8. The molecule has 0 radical (unpaired) electrons. The van der Waals surface area contributed by atoms with E-state index in [0.717, 1.165) is 18.4 Å². The van der Waals surface area contributed by atoms with Crippen molar-refractivity contribution < 1.29 is 24.2 Å². The lowest BCUT2D eigenvalue weighted by atomic mass is 10.0. The van der Waals surface area contributed by atoms with Gasteiger partial charge in [0, 0.05) is 12.3 Å². The third kappa shape index (κ3) is 13.3. The minimum absolute atomic E-state index is 0.0206. The molecule has 0 saturated heterocycles. The molecule has 1 saturated carbocycles. The lowest BCUT2D eigenvalue weighted by Crippen LogP contribution is -2.27. The highest BCUT2D eigenvalue weighted by Gasteiger charge is 2.37. The zero-order valence-corrected chi connectivity index (χ0v) is 20.4. The molecule has 3 atom stereocenters. The van der Waals surface area contributed by atoms with E-state index >= 15 is 0 Å². The van der Waals surface area contributed by atoms with E-state index in [9.17, 15) is 14.9 Å². The second kappa shape index (κ2) is 14.8. The maximum absolute atomic E-state index is 11.9.